The van der Waals surface area contributed by atoms with Crippen molar-refractivity contribution in [3.8, 4) is 6.07 Å². The van der Waals surface area contributed by atoms with Gasteiger partial charge in [0.1, 0.15) is 6.07 Å². The minimum Gasteiger partial charge on any atom is -0.368 e. The van der Waals surface area contributed by atoms with Gasteiger partial charge in [-0.2, -0.15) is 9.57 Å². The lowest BCUT2D eigenvalue weighted by molar-refractivity contribution is -0.384. The first-order chi connectivity index (χ1) is 12.8. The summed E-state index contributed by atoms with van der Waals surface area (Å²) in [6, 6.07) is 12.8. The summed E-state index contributed by atoms with van der Waals surface area (Å²) >= 11 is 0. The number of nitrogens with zero attached hydrogens (tertiary/aromatic N) is 4. The van der Waals surface area contributed by atoms with Crippen molar-refractivity contribution < 1.29 is 13.3 Å². The van der Waals surface area contributed by atoms with Crippen LogP contribution in [0.25, 0.3) is 0 Å². The maximum absolute atomic E-state index is 12.8. The summed E-state index contributed by atoms with van der Waals surface area (Å²) in [5, 5.41) is 20.2. The van der Waals surface area contributed by atoms with Gasteiger partial charge in [0.25, 0.3) is 5.69 Å². The summed E-state index contributed by atoms with van der Waals surface area (Å²) in [6.45, 7) is 3.25. The van der Waals surface area contributed by atoms with Gasteiger partial charge in [0, 0.05) is 38.3 Å². The number of benzene rings is 2. The van der Waals surface area contributed by atoms with Crippen LogP contribution in [0.4, 0.5) is 11.4 Å². The second-order valence-electron chi connectivity index (χ2n) is 6.27. The zero-order valence-corrected chi connectivity index (χ0v) is 15.5. The Balaban J connectivity index is 1.77. The molecule has 0 aromatic heterocycles. The molecule has 0 unspecified atom stereocenters. The molecule has 27 heavy (non-hydrogen) atoms. The summed E-state index contributed by atoms with van der Waals surface area (Å²) in [4.78, 5) is 12.5. The highest BCUT2D eigenvalue weighted by Crippen LogP contribution is 2.27. The molecule has 0 atom stereocenters. The minimum absolute atomic E-state index is 0.143. The molecule has 140 valence electrons. The average molecular weight is 386 g/mol. The average Bonchev–Trinajstić information content (AvgIpc) is 2.68. The van der Waals surface area contributed by atoms with Crippen LogP contribution in [0.15, 0.2) is 47.4 Å². The van der Waals surface area contributed by atoms with Crippen molar-refractivity contribution in [1.29, 1.82) is 5.26 Å². The highest BCUT2D eigenvalue weighted by atomic mass is 32.2. The van der Waals surface area contributed by atoms with Crippen LogP contribution in [0.1, 0.15) is 11.1 Å². The number of sulfonamides is 1. The Morgan fingerprint density at radius 3 is 2.26 bits per heavy atom. The molecule has 2 aromatic carbocycles. The molecular weight excluding hydrogens is 368 g/mol. The van der Waals surface area contributed by atoms with Gasteiger partial charge in [0.15, 0.2) is 0 Å². The predicted octanol–water partition coefficient (Wildman–Crippen LogP) is 2.29. The molecule has 0 radical (unpaired) electrons. The third kappa shape index (κ3) is 3.77. The van der Waals surface area contributed by atoms with E-state index >= 15 is 0 Å². The Morgan fingerprint density at radius 2 is 1.70 bits per heavy atom. The Labute approximate surface area is 157 Å². The van der Waals surface area contributed by atoms with Crippen LogP contribution < -0.4 is 4.90 Å². The molecule has 1 aliphatic rings. The van der Waals surface area contributed by atoms with Gasteiger partial charge in [0.05, 0.1) is 21.1 Å². The molecule has 0 N–H and O–H groups in total. The van der Waals surface area contributed by atoms with Gasteiger partial charge < -0.3 is 4.90 Å². The van der Waals surface area contributed by atoms with E-state index in [4.69, 9.17) is 0 Å². The molecule has 1 fully saturated rings. The standard InChI is InChI=1S/C18H18N4O4S/c1-14-2-5-17(6-3-14)27(25,26)21-10-8-20(9-11-21)18-7-4-16(22(23)24)12-15(18)13-19/h2-7,12H,8-11H2,1H3. The quantitative estimate of drug-likeness (QED) is 0.589. The van der Waals surface area contributed by atoms with Crippen molar-refractivity contribution >= 4 is 21.4 Å². The number of non-ortho nitro benzene ring substituents is 1. The Bertz CT molecular complexity index is 1000. The van der Waals surface area contributed by atoms with Crippen molar-refractivity contribution in [1.82, 2.24) is 4.31 Å². The topological polar surface area (TPSA) is 108 Å². The molecule has 0 bridgehead atoms. The largest absolute Gasteiger partial charge is 0.368 e. The van der Waals surface area contributed by atoms with E-state index in [2.05, 4.69) is 0 Å². The van der Waals surface area contributed by atoms with Crippen molar-refractivity contribution in [2.45, 2.75) is 11.8 Å². The fourth-order valence-corrected chi connectivity index (χ4v) is 4.45. The normalized spacial score (nSPS) is 15.3. The predicted molar refractivity (Wildman–Crippen MR) is 100.0 cm³/mol. The molecule has 3 rings (SSSR count). The van der Waals surface area contributed by atoms with Crippen LogP contribution in [-0.2, 0) is 10.0 Å². The van der Waals surface area contributed by atoms with Crippen LogP contribution in [0.2, 0.25) is 0 Å². The van der Waals surface area contributed by atoms with E-state index in [0.29, 0.717) is 18.8 Å². The fraction of sp³-hybridized carbons (Fsp3) is 0.278. The van der Waals surface area contributed by atoms with Crippen molar-refractivity contribution in [3.05, 3.63) is 63.7 Å². The Kier molecular flexibility index (Phi) is 5.12. The fourth-order valence-electron chi connectivity index (χ4n) is 3.03. The molecule has 0 aliphatic carbocycles. The number of aryl methyl sites for hydroxylation is 1. The van der Waals surface area contributed by atoms with E-state index < -0.39 is 14.9 Å². The molecule has 9 heteroatoms. The van der Waals surface area contributed by atoms with Crippen LogP contribution in [-0.4, -0.2) is 43.8 Å². The number of nitro benzene ring substituents is 1. The number of nitriles is 1. The van der Waals surface area contributed by atoms with Gasteiger partial charge >= 0.3 is 0 Å². The molecule has 2 aromatic rings. The summed E-state index contributed by atoms with van der Waals surface area (Å²) in [7, 11) is -3.57. The van der Waals surface area contributed by atoms with E-state index in [1.165, 1.54) is 16.4 Å². The van der Waals surface area contributed by atoms with E-state index in [9.17, 15) is 23.8 Å². The monoisotopic (exact) mass is 386 g/mol. The van der Waals surface area contributed by atoms with Gasteiger partial charge in [-0.3, -0.25) is 10.1 Å². The SMILES string of the molecule is Cc1ccc(S(=O)(=O)N2CCN(c3ccc([N+](=O)[O-])cc3C#N)CC2)cc1. The number of anilines is 1. The molecular formula is C18H18N4O4S. The third-order valence-electron chi connectivity index (χ3n) is 4.55. The number of rotatable bonds is 4. The van der Waals surface area contributed by atoms with E-state index in [1.54, 1.807) is 30.3 Å². The highest BCUT2D eigenvalue weighted by Gasteiger charge is 2.29. The highest BCUT2D eigenvalue weighted by molar-refractivity contribution is 7.89. The molecule has 8 nitrogen and oxygen atoms in total. The summed E-state index contributed by atoms with van der Waals surface area (Å²) in [5.74, 6) is 0. The smallest absolute Gasteiger partial charge is 0.270 e. The minimum atomic E-state index is -3.57. The first-order valence-electron chi connectivity index (χ1n) is 8.33. The molecule has 1 heterocycles. The summed E-state index contributed by atoms with van der Waals surface area (Å²) < 4.78 is 27.0. The second-order valence-corrected chi connectivity index (χ2v) is 8.21. The van der Waals surface area contributed by atoms with Gasteiger partial charge in [-0.15, -0.1) is 0 Å². The van der Waals surface area contributed by atoms with E-state index in [1.807, 2.05) is 17.9 Å². The molecule has 0 amide bonds. The zero-order valence-electron chi connectivity index (χ0n) is 14.7. The maximum atomic E-state index is 12.8. The molecule has 0 saturated carbocycles. The number of hydrogen-bond acceptors (Lipinski definition) is 6. The maximum Gasteiger partial charge on any atom is 0.270 e. The third-order valence-corrected chi connectivity index (χ3v) is 6.46. The Hall–Kier alpha value is -2.96. The lowest BCUT2D eigenvalue weighted by Crippen LogP contribution is -2.48. The van der Waals surface area contributed by atoms with Gasteiger partial charge in [-0.25, -0.2) is 8.42 Å². The molecule has 1 aliphatic heterocycles. The number of piperazine rings is 1. The first kappa shape index (κ1) is 18.8. The van der Waals surface area contributed by atoms with Crippen LogP contribution >= 0.6 is 0 Å². The number of hydrogen-bond donors (Lipinski definition) is 0. The summed E-state index contributed by atoms with van der Waals surface area (Å²) in [6.07, 6.45) is 0. The number of nitro groups is 1. The van der Waals surface area contributed by atoms with Crippen molar-refractivity contribution in [2.24, 2.45) is 0 Å². The Morgan fingerprint density at radius 1 is 1.07 bits per heavy atom. The van der Waals surface area contributed by atoms with E-state index in [-0.39, 0.29) is 29.2 Å². The lowest BCUT2D eigenvalue weighted by Gasteiger charge is -2.35. The van der Waals surface area contributed by atoms with Gasteiger partial charge in [-0.05, 0) is 25.1 Å². The van der Waals surface area contributed by atoms with Crippen LogP contribution in [0.3, 0.4) is 0 Å². The van der Waals surface area contributed by atoms with Gasteiger partial charge in [-0.1, -0.05) is 17.7 Å². The molecule has 1 saturated heterocycles. The van der Waals surface area contributed by atoms with Crippen molar-refractivity contribution in [3.63, 3.8) is 0 Å². The van der Waals surface area contributed by atoms with Crippen LogP contribution in [0, 0.1) is 28.4 Å². The first-order valence-corrected chi connectivity index (χ1v) is 9.77. The van der Waals surface area contributed by atoms with Gasteiger partial charge in [0.2, 0.25) is 10.0 Å². The summed E-state index contributed by atoms with van der Waals surface area (Å²) in [5.41, 5.74) is 1.63. The van der Waals surface area contributed by atoms with Crippen molar-refractivity contribution in [2.75, 3.05) is 31.1 Å². The zero-order chi connectivity index (χ0) is 19.6. The van der Waals surface area contributed by atoms with Crippen LogP contribution in [0.5, 0.6) is 0 Å². The molecule has 0 spiro atoms. The second kappa shape index (κ2) is 7.34. The van der Waals surface area contributed by atoms with E-state index in [0.717, 1.165) is 5.56 Å². The lowest BCUT2D eigenvalue weighted by atomic mass is 10.1.